The Morgan fingerprint density at radius 1 is 1.25 bits per heavy atom. The van der Waals surface area contributed by atoms with E-state index in [-0.39, 0.29) is 17.5 Å². The van der Waals surface area contributed by atoms with E-state index in [1.165, 1.54) is 6.20 Å². The summed E-state index contributed by atoms with van der Waals surface area (Å²) in [4.78, 5) is 29.9. The summed E-state index contributed by atoms with van der Waals surface area (Å²) in [7, 11) is 1.76. The SMILES string of the molecule is CCn1cc(C(=O)Nc2nnc(-c3ccn(C)n3)o2)c(=O)c2ccc(C)nc21. The number of aryl methyl sites for hydroxylation is 3. The smallest absolute Gasteiger partial charge is 0.322 e. The molecule has 4 aromatic rings. The third kappa shape index (κ3) is 3.04. The number of amides is 1. The lowest BCUT2D eigenvalue weighted by Crippen LogP contribution is -2.24. The number of rotatable bonds is 4. The van der Waals surface area contributed by atoms with Crippen molar-refractivity contribution in [3.05, 3.63) is 52.1 Å². The molecule has 4 rings (SSSR count). The van der Waals surface area contributed by atoms with Crippen LogP contribution in [0.25, 0.3) is 22.6 Å². The Kier molecular flexibility index (Phi) is 4.22. The number of fused-ring (bicyclic) bond motifs is 1. The molecule has 0 aliphatic rings. The van der Waals surface area contributed by atoms with Crippen molar-refractivity contribution in [2.24, 2.45) is 7.05 Å². The predicted molar refractivity (Wildman–Crippen MR) is 101 cm³/mol. The van der Waals surface area contributed by atoms with Crippen molar-refractivity contribution in [1.29, 1.82) is 0 Å². The van der Waals surface area contributed by atoms with E-state index < -0.39 is 11.3 Å². The van der Waals surface area contributed by atoms with E-state index in [0.29, 0.717) is 23.3 Å². The van der Waals surface area contributed by atoms with Crippen LogP contribution in [0.3, 0.4) is 0 Å². The molecule has 1 N–H and O–H groups in total. The third-order valence-corrected chi connectivity index (χ3v) is 4.22. The fourth-order valence-electron chi connectivity index (χ4n) is 2.83. The van der Waals surface area contributed by atoms with Crippen molar-refractivity contribution in [1.82, 2.24) is 29.5 Å². The van der Waals surface area contributed by atoms with Gasteiger partial charge in [-0.3, -0.25) is 19.6 Å². The Morgan fingerprint density at radius 2 is 2.07 bits per heavy atom. The molecule has 0 unspecified atom stereocenters. The van der Waals surface area contributed by atoms with Gasteiger partial charge in [0.1, 0.15) is 16.9 Å². The lowest BCUT2D eigenvalue weighted by molar-refractivity contribution is 0.102. The second kappa shape index (κ2) is 6.72. The molecular formula is C18H17N7O3. The van der Waals surface area contributed by atoms with Gasteiger partial charge in [0.25, 0.3) is 11.8 Å². The van der Waals surface area contributed by atoms with E-state index in [4.69, 9.17) is 4.42 Å². The first-order valence-corrected chi connectivity index (χ1v) is 8.62. The summed E-state index contributed by atoms with van der Waals surface area (Å²) >= 11 is 0. The molecular weight excluding hydrogens is 362 g/mol. The molecule has 0 aliphatic heterocycles. The summed E-state index contributed by atoms with van der Waals surface area (Å²) < 4.78 is 8.77. The molecule has 0 fully saturated rings. The molecule has 0 bridgehead atoms. The van der Waals surface area contributed by atoms with Gasteiger partial charge in [-0.15, -0.1) is 5.10 Å². The van der Waals surface area contributed by atoms with Crippen LogP contribution in [0, 0.1) is 6.92 Å². The second-order valence-corrected chi connectivity index (χ2v) is 6.22. The second-order valence-electron chi connectivity index (χ2n) is 6.22. The standard InChI is InChI=1S/C18H17N7O3/c1-4-25-9-12(14(26)11-6-5-10(2)19-15(11)25)16(27)20-18-22-21-17(28-18)13-7-8-24(3)23-13/h5-9H,4H2,1-3H3,(H,20,22,27). The Bertz CT molecular complexity index is 1250. The molecule has 0 atom stereocenters. The largest absolute Gasteiger partial charge is 0.401 e. The van der Waals surface area contributed by atoms with Crippen LogP contribution in [0.1, 0.15) is 23.0 Å². The fourth-order valence-corrected chi connectivity index (χ4v) is 2.83. The van der Waals surface area contributed by atoms with Crippen molar-refractivity contribution in [2.75, 3.05) is 5.32 Å². The Hall–Kier alpha value is -3.82. The molecule has 142 valence electrons. The van der Waals surface area contributed by atoms with Crippen LogP contribution >= 0.6 is 0 Å². The number of aromatic nitrogens is 6. The summed E-state index contributed by atoms with van der Waals surface area (Å²) in [5.41, 5.74) is 1.38. The van der Waals surface area contributed by atoms with Gasteiger partial charge in [-0.25, -0.2) is 4.98 Å². The molecule has 0 saturated carbocycles. The number of nitrogens with zero attached hydrogens (tertiary/aromatic N) is 6. The van der Waals surface area contributed by atoms with Crippen LogP contribution in [-0.4, -0.2) is 35.4 Å². The zero-order chi connectivity index (χ0) is 19.8. The minimum Gasteiger partial charge on any atom is -0.401 e. The molecule has 28 heavy (non-hydrogen) atoms. The minimum atomic E-state index is -0.633. The van der Waals surface area contributed by atoms with Crippen LogP contribution in [0.15, 0.2) is 39.8 Å². The predicted octanol–water partition coefficient (Wildman–Crippen LogP) is 1.76. The molecule has 0 spiro atoms. The summed E-state index contributed by atoms with van der Waals surface area (Å²) in [6, 6.07) is 5.00. The highest BCUT2D eigenvalue weighted by Crippen LogP contribution is 2.18. The minimum absolute atomic E-state index is 0.0300. The van der Waals surface area contributed by atoms with Crippen LogP contribution in [0.5, 0.6) is 0 Å². The first kappa shape index (κ1) is 17.6. The summed E-state index contributed by atoms with van der Waals surface area (Å²) in [6.45, 7) is 4.31. The van der Waals surface area contributed by atoms with Gasteiger partial charge in [0.15, 0.2) is 0 Å². The lowest BCUT2D eigenvalue weighted by Gasteiger charge is -2.10. The maximum Gasteiger partial charge on any atom is 0.322 e. The molecule has 0 saturated heterocycles. The summed E-state index contributed by atoms with van der Waals surface area (Å²) in [5.74, 6) is -0.467. The number of carbonyl (C=O) groups excluding carboxylic acids is 1. The van der Waals surface area contributed by atoms with Crippen LogP contribution < -0.4 is 10.7 Å². The zero-order valence-electron chi connectivity index (χ0n) is 15.5. The van der Waals surface area contributed by atoms with Gasteiger partial charge in [0.2, 0.25) is 5.43 Å². The Balaban J connectivity index is 1.68. The van der Waals surface area contributed by atoms with E-state index in [9.17, 15) is 9.59 Å². The van der Waals surface area contributed by atoms with Crippen molar-refractivity contribution in [2.45, 2.75) is 20.4 Å². The number of nitrogens with one attached hydrogen (secondary N) is 1. The molecule has 0 aromatic carbocycles. The molecule has 4 aromatic heterocycles. The third-order valence-electron chi connectivity index (χ3n) is 4.22. The Morgan fingerprint density at radius 3 is 2.79 bits per heavy atom. The van der Waals surface area contributed by atoms with Crippen molar-refractivity contribution in [3.63, 3.8) is 0 Å². The highest BCUT2D eigenvalue weighted by atomic mass is 16.4. The number of hydrogen-bond acceptors (Lipinski definition) is 7. The van der Waals surface area contributed by atoms with Gasteiger partial charge in [-0.1, -0.05) is 5.10 Å². The van der Waals surface area contributed by atoms with Crippen LogP contribution in [0.4, 0.5) is 6.01 Å². The molecule has 4 heterocycles. The van der Waals surface area contributed by atoms with Gasteiger partial charge < -0.3 is 8.98 Å². The number of pyridine rings is 2. The topological polar surface area (TPSA) is 121 Å². The monoisotopic (exact) mass is 379 g/mol. The quantitative estimate of drug-likeness (QED) is 0.573. The van der Waals surface area contributed by atoms with Crippen LogP contribution in [0.2, 0.25) is 0 Å². The zero-order valence-corrected chi connectivity index (χ0v) is 15.5. The average molecular weight is 379 g/mol. The highest BCUT2D eigenvalue weighted by Gasteiger charge is 2.19. The highest BCUT2D eigenvalue weighted by molar-refractivity contribution is 6.04. The van der Waals surface area contributed by atoms with Crippen molar-refractivity contribution >= 4 is 23.0 Å². The van der Waals surface area contributed by atoms with E-state index in [1.807, 2.05) is 13.8 Å². The first-order valence-electron chi connectivity index (χ1n) is 8.62. The normalized spacial score (nSPS) is 11.1. The number of carbonyl (C=O) groups is 1. The molecule has 10 heteroatoms. The van der Waals surface area contributed by atoms with Gasteiger partial charge >= 0.3 is 6.01 Å². The summed E-state index contributed by atoms with van der Waals surface area (Å²) in [6.07, 6.45) is 3.22. The van der Waals surface area contributed by atoms with Crippen molar-refractivity contribution < 1.29 is 9.21 Å². The molecule has 1 amide bonds. The van der Waals surface area contributed by atoms with E-state index >= 15 is 0 Å². The maximum absolute atomic E-state index is 12.8. The first-order chi connectivity index (χ1) is 13.5. The number of anilines is 1. The average Bonchev–Trinajstić information content (AvgIpc) is 3.30. The lowest BCUT2D eigenvalue weighted by atomic mass is 10.1. The number of hydrogen-bond donors (Lipinski definition) is 1. The van der Waals surface area contributed by atoms with Gasteiger partial charge in [-0.2, -0.15) is 5.10 Å². The summed E-state index contributed by atoms with van der Waals surface area (Å²) in [5, 5.41) is 14.7. The van der Waals surface area contributed by atoms with Crippen molar-refractivity contribution in [3.8, 4) is 11.6 Å². The Labute approximate surface area is 158 Å². The van der Waals surface area contributed by atoms with E-state index in [2.05, 4.69) is 25.6 Å². The van der Waals surface area contributed by atoms with Gasteiger partial charge in [-0.05, 0) is 32.0 Å². The fraction of sp³-hybridized carbons (Fsp3) is 0.222. The van der Waals surface area contributed by atoms with Gasteiger partial charge in [0.05, 0.1) is 5.39 Å². The molecule has 10 nitrogen and oxygen atoms in total. The van der Waals surface area contributed by atoms with E-state index in [1.54, 1.807) is 40.7 Å². The van der Waals surface area contributed by atoms with E-state index in [0.717, 1.165) is 5.69 Å². The van der Waals surface area contributed by atoms with Crippen LogP contribution in [-0.2, 0) is 13.6 Å². The molecule has 0 radical (unpaired) electrons. The maximum atomic E-state index is 12.8. The van der Waals surface area contributed by atoms with Gasteiger partial charge in [0, 0.05) is 31.7 Å². The molecule has 0 aliphatic carbocycles.